The lowest BCUT2D eigenvalue weighted by molar-refractivity contribution is -0.140. The molecular weight excluding hydrogens is 262 g/mol. The molecule has 1 aliphatic heterocycles. The van der Waals surface area contributed by atoms with E-state index in [0.717, 1.165) is 11.3 Å². The minimum absolute atomic E-state index is 0.130. The first-order valence-electron chi connectivity index (χ1n) is 6.19. The second-order valence-corrected chi connectivity index (χ2v) is 5.36. The molecule has 0 unspecified atom stereocenters. The van der Waals surface area contributed by atoms with Gasteiger partial charge in [-0.1, -0.05) is 6.07 Å². The van der Waals surface area contributed by atoms with Gasteiger partial charge in [-0.2, -0.15) is 5.26 Å². The lowest BCUT2D eigenvalue weighted by Crippen LogP contribution is -2.17. The molecule has 1 aliphatic rings. The minimum atomic E-state index is -0.369. The van der Waals surface area contributed by atoms with Crippen LogP contribution in [0.5, 0.6) is 0 Å². The predicted octanol–water partition coefficient (Wildman–Crippen LogP) is 2.67. The third kappa shape index (κ3) is 4.11. The van der Waals surface area contributed by atoms with Crippen LogP contribution in [0.3, 0.4) is 0 Å². The third-order valence-electron chi connectivity index (χ3n) is 2.82. The van der Waals surface area contributed by atoms with Gasteiger partial charge in [-0.05, 0) is 24.3 Å². The second-order valence-electron chi connectivity index (χ2n) is 4.33. The smallest absolute Gasteiger partial charge is 0.337 e. The summed E-state index contributed by atoms with van der Waals surface area (Å²) in [5.41, 5.74) is 0.555. The van der Waals surface area contributed by atoms with E-state index in [4.69, 9.17) is 14.7 Å². The molecule has 4 nitrogen and oxygen atoms in total. The highest BCUT2D eigenvalue weighted by atomic mass is 32.1. The molecule has 100 valence electrons. The van der Waals surface area contributed by atoms with Gasteiger partial charge < -0.3 is 9.47 Å². The number of rotatable bonds is 5. The summed E-state index contributed by atoms with van der Waals surface area (Å²) in [5, 5.41) is 11.0. The largest absolute Gasteiger partial charge is 0.501 e. The van der Waals surface area contributed by atoms with Gasteiger partial charge in [0.1, 0.15) is 6.61 Å². The average Bonchev–Trinajstić information content (AvgIpc) is 2.97. The number of carbonyl (C=O) groups is 1. The van der Waals surface area contributed by atoms with E-state index in [9.17, 15) is 4.79 Å². The van der Waals surface area contributed by atoms with Crippen LogP contribution >= 0.6 is 11.3 Å². The maximum Gasteiger partial charge on any atom is 0.337 e. The summed E-state index contributed by atoms with van der Waals surface area (Å²) in [6, 6.07) is 6.11. The number of carbonyl (C=O) groups excluding carboxylic acids is 1. The normalized spacial score (nSPS) is 15.8. The molecule has 5 heteroatoms. The number of nitriles is 1. The molecule has 0 aromatic carbocycles. The molecule has 1 atom stereocenters. The second kappa shape index (κ2) is 6.95. The van der Waals surface area contributed by atoms with Crippen LogP contribution in [0.4, 0.5) is 0 Å². The van der Waals surface area contributed by atoms with Crippen molar-refractivity contribution in [3.63, 3.8) is 0 Å². The van der Waals surface area contributed by atoms with E-state index in [1.807, 2.05) is 17.5 Å². The van der Waals surface area contributed by atoms with Crippen molar-refractivity contribution in [3.05, 3.63) is 34.2 Å². The van der Waals surface area contributed by atoms with Crippen LogP contribution in [-0.4, -0.2) is 19.2 Å². The van der Waals surface area contributed by atoms with Crippen LogP contribution in [0.1, 0.15) is 17.7 Å². The average molecular weight is 277 g/mol. The zero-order valence-corrected chi connectivity index (χ0v) is 11.3. The summed E-state index contributed by atoms with van der Waals surface area (Å²) in [7, 11) is 0. The molecule has 0 bridgehead atoms. The number of ether oxygens (including phenoxy) is 2. The van der Waals surface area contributed by atoms with Crippen molar-refractivity contribution in [2.45, 2.75) is 19.3 Å². The van der Waals surface area contributed by atoms with Gasteiger partial charge >= 0.3 is 5.97 Å². The molecule has 2 rings (SSSR count). The van der Waals surface area contributed by atoms with Crippen LogP contribution in [0.15, 0.2) is 29.3 Å². The van der Waals surface area contributed by atoms with Crippen LogP contribution in [0.25, 0.3) is 0 Å². The zero-order chi connectivity index (χ0) is 13.5. The Hall–Kier alpha value is -1.80. The highest BCUT2D eigenvalue weighted by Crippen LogP contribution is 2.17. The summed E-state index contributed by atoms with van der Waals surface area (Å²) < 4.78 is 10.3. The maximum absolute atomic E-state index is 11.7. The fourth-order valence-electron chi connectivity index (χ4n) is 1.80. The Balaban J connectivity index is 1.81. The molecule has 2 heterocycles. The monoisotopic (exact) mass is 277 g/mol. The first-order chi connectivity index (χ1) is 9.29. The summed E-state index contributed by atoms with van der Waals surface area (Å²) in [6.07, 6.45) is 3.60. The molecule has 1 aromatic rings. The van der Waals surface area contributed by atoms with E-state index in [0.29, 0.717) is 25.0 Å². The Morgan fingerprint density at radius 2 is 2.53 bits per heavy atom. The van der Waals surface area contributed by atoms with Crippen molar-refractivity contribution in [2.24, 2.45) is 5.92 Å². The molecule has 0 saturated carbocycles. The third-order valence-corrected chi connectivity index (χ3v) is 3.72. The lowest BCUT2D eigenvalue weighted by atomic mass is 10.1. The van der Waals surface area contributed by atoms with Gasteiger partial charge in [-0.3, -0.25) is 0 Å². The van der Waals surface area contributed by atoms with Crippen molar-refractivity contribution in [1.29, 1.82) is 5.26 Å². The van der Waals surface area contributed by atoms with Crippen molar-refractivity contribution in [3.8, 4) is 6.07 Å². The molecule has 0 aliphatic carbocycles. The molecular formula is C14H15NO3S. The summed E-state index contributed by atoms with van der Waals surface area (Å²) in [4.78, 5) is 12.9. The number of hydrogen-bond donors (Lipinski definition) is 0. The quantitative estimate of drug-likeness (QED) is 0.776. The number of thiophene rings is 1. The van der Waals surface area contributed by atoms with E-state index < -0.39 is 0 Å². The van der Waals surface area contributed by atoms with Crippen molar-refractivity contribution in [1.82, 2.24) is 0 Å². The summed E-state index contributed by atoms with van der Waals surface area (Å²) in [5.74, 6) is -0.668. The predicted molar refractivity (Wildman–Crippen MR) is 71.4 cm³/mol. The van der Waals surface area contributed by atoms with Gasteiger partial charge in [0.05, 0.1) is 30.4 Å². The maximum atomic E-state index is 11.7. The SMILES string of the molecule is N#C[C@H](COC(=O)C1=COCCC1)Cc1cccs1. The van der Waals surface area contributed by atoms with Crippen molar-refractivity contribution >= 4 is 17.3 Å². The van der Waals surface area contributed by atoms with Crippen LogP contribution < -0.4 is 0 Å². The fourth-order valence-corrected chi connectivity index (χ4v) is 2.58. The van der Waals surface area contributed by atoms with Gasteiger partial charge in [0.15, 0.2) is 0 Å². The van der Waals surface area contributed by atoms with Gasteiger partial charge in [-0.15, -0.1) is 11.3 Å². The Morgan fingerprint density at radius 1 is 1.63 bits per heavy atom. The standard InChI is InChI=1S/C14H15NO3S/c15-8-11(7-13-4-2-6-19-13)9-18-14(16)12-3-1-5-17-10-12/h2,4,6,10-11H,1,3,5,7,9H2/t11-/m1/s1. The van der Waals surface area contributed by atoms with E-state index in [-0.39, 0.29) is 18.5 Å². The van der Waals surface area contributed by atoms with Crippen LogP contribution in [0, 0.1) is 17.2 Å². The Labute approximate surface area is 116 Å². The highest BCUT2D eigenvalue weighted by molar-refractivity contribution is 7.09. The molecule has 0 N–H and O–H groups in total. The molecule has 0 fully saturated rings. The Bertz CT molecular complexity index is 487. The topological polar surface area (TPSA) is 59.3 Å². The number of esters is 1. The summed E-state index contributed by atoms with van der Waals surface area (Å²) in [6.45, 7) is 0.778. The molecule has 0 amide bonds. The van der Waals surface area contributed by atoms with Crippen LogP contribution in [-0.2, 0) is 20.7 Å². The van der Waals surface area contributed by atoms with Gasteiger partial charge in [0.2, 0.25) is 0 Å². The number of nitrogens with zero attached hydrogens (tertiary/aromatic N) is 1. The Morgan fingerprint density at radius 3 is 3.16 bits per heavy atom. The minimum Gasteiger partial charge on any atom is -0.501 e. The number of hydrogen-bond acceptors (Lipinski definition) is 5. The van der Waals surface area contributed by atoms with Gasteiger partial charge in [-0.25, -0.2) is 4.79 Å². The molecule has 0 radical (unpaired) electrons. The highest BCUT2D eigenvalue weighted by Gasteiger charge is 2.17. The van der Waals surface area contributed by atoms with Crippen molar-refractivity contribution in [2.75, 3.05) is 13.2 Å². The first-order valence-corrected chi connectivity index (χ1v) is 7.07. The van der Waals surface area contributed by atoms with E-state index in [1.54, 1.807) is 11.3 Å². The fraction of sp³-hybridized carbons (Fsp3) is 0.429. The molecule has 19 heavy (non-hydrogen) atoms. The summed E-state index contributed by atoms with van der Waals surface area (Å²) >= 11 is 1.61. The van der Waals surface area contributed by atoms with Gasteiger partial charge in [0.25, 0.3) is 0 Å². The first kappa shape index (κ1) is 13.6. The van der Waals surface area contributed by atoms with E-state index >= 15 is 0 Å². The van der Waals surface area contributed by atoms with Crippen molar-refractivity contribution < 1.29 is 14.3 Å². The van der Waals surface area contributed by atoms with E-state index in [2.05, 4.69) is 6.07 Å². The lowest BCUT2D eigenvalue weighted by Gasteiger charge is -2.14. The molecule has 1 aromatic heterocycles. The molecule has 0 spiro atoms. The van der Waals surface area contributed by atoms with E-state index in [1.165, 1.54) is 6.26 Å². The Kier molecular flexibility index (Phi) is 4.99. The van der Waals surface area contributed by atoms with Crippen LogP contribution in [0.2, 0.25) is 0 Å². The molecule has 0 saturated heterocycles. The zero-order valence-electron chi connectivity index (χ0n) is 10.5. The van der Waals surface area contributed by atoms with Gasteiger partial charge in [0, 0.05) is 11.3 Å².